The van der Waals surface area contributed by atoms with Crippen molar-refractivity contribution in [1.82, 2.24) is 19.7 Å². The number of rotatable bonds is 5. The van der Waals surface area contributed by atoms with E-state index >= 15 is 0 Å². The SMILES string of the molecule is Cc1ccc(Nc2nc(Nc3ccc4cnn(C)c4c3)ncc2Cl)c(P(C)(C)=O)c1C. The minimum Gasteiger partial charge on any atom is -0.338 e. The molecule has 2 heterocycles. The second-order valence-corrected chi connectivity index (χ2v) is 11.5. The van der Waals surface area contributed by atoms with E-state index in [2.05, 4.69) is 25.7 Å². The molecule has 0 atom stereocenters. The maximum absolute atomic E-state index is 13.0. The summed E-state index contributed by atoms with van der Waals surface area (Å²) in [6.07, 6.45) is 3.36. The Morgan fingerprint density at radius 2 is 1.84 bits per heavy atom. The number of nitrogens with one attached hydrogen (secondary N) is 2. The molecule has 0 amide bonds. The standard InChI is InChI=1S/C22H24ClN6OP/c1-13-6-9-18(20(14(13)2)31(4,5)30)27-21-17(23)12-24-22(28-21)26-16-8-7-15-11-25-29(3)19(15)10-16/h6-12H,1-5H3,(H2,24,26,27,28). The van der Waals surface area contributed by atoms with Gasteiger partial charge in [0.2, 0.25) is 5.95 Å². The van der Waals surface area contributed by atoms with Crippen LogP contribution in [0.25, 0.3) is 10.9 Å². The third-order valence-corrected chi connectivity index (χ3v) is 7.17. The van der Waals surface area contributed by atoms with Crippen LogP contribution in [0.1, 0.15) is 11.1 Å². The molecule has 0 aliphatic heterocycles. The van der Waals surface area contributed by atoms with Crippen molar-refractivity contribution < 1.29 is 4.57 Å². The van der Waals surface area contributed by atoms with Crippen LogP contribution in [0.5, 0.6) is 0 Å². The minimum absolute atomic E-state index is 0.374. The number of halogens is 1. The maximum Gasteiger partial charge on any atom is 0.229 e. The van der Waals surface area contributed by atoms with E-state index in [1.807, 2.05) is 62.1 Å². The second-order valence-electron chi connectivity index (χ2n) is 7.94. The van der Waals surface area contributed by atoms with Gasteiger partial charge >= 0.3 is 0 Å². The molecule has 0 bridgehead atoms. The first-order valence-electron chi connectivity index (χ1n) is 9.77. The molecule has 2 N–H and O–H groups in total. The molecule has 0 aliphatic carbocycles. The van der Waals surface area contributed by atoms with Gasteiger partial charge in [-0.15, -0.1) is 0 Å². The van der Waals surface area contributed by atoms with Gasteiger partial charge in [-0.3, -0.25) is 4.68 Å². The van der Waals surface area contributed by atoms with Crippen molar-refractivity contribution in [3.05, 3.63) is 58.9 Å². The number of aryl methyl sites for hydroxylation is 2. The predicted molar refractivity (Wildman–Crippen MR) is 129 cm³/mol. The fourth-order valence-corrected chi connectivity index (χ4v) is 5.42. The normalized spacial score (nSPS) is 11.7. The first-order valence-corrected chi connectivity index (χ1v) is 12.8. The molecule has 0 unspecified atom stereocenters. The van der Waals surface area contributed by atoms with Crippen molar-refractivity contribution in [3.8, 4) is 0 Å². The molecular weight excluding hydrogens is 431 g/mol. The molecule has 2 aromatic heterocycles. The largest absolute Gasteiger partial charge is 0.338 e. The third-order valence-electron chi connectivity index (χ3n) is 5.24. The highest BCUT2D eigenvalue weighted by Gasteiger charge is 2.21. The molecule has 4 aromatic rings. The quantitative estimate of drug-likeness (QED) is 0.394. The van der Waals surface area contributed by atoms with Gasteiger partial charge in [0.1, 0.15) is 12.2 Å². The number of fused-ring (bicyclic) bond motifs is 1. The Hall–Kier alpha value is -2.89. The van der Waals surface area contributed by atoms with Crippen LogP contribution < -0.4 is 15.9 Å². The van der Waals surface area contributed by atoms with E-state index < -0.39 is 7.14 Å². The van der Waals surface area contributed by atoms with Crippen molar-refractivity contribution in [1.29, 1.82) is 0 Å². The van der Waals surface area contributed by atoms with E-state index in [1.165, 1.54) is 0 Å². The first kappa shape index (κ1) is 21.3. The number of anilines is 4. The molecular formula is C22H24ClN6OP. The summed E-state index contributed by atoms with van der Waals surface area (Å²) in [6.45, 7) is 7.53. The Morgan fingerprint density at radius 1 is 1.06 bits per heavy atom. The van der Waals surface area contributed by atoms with Crippen LogP contribution in [0, 0.1) is 13.8 Å². The topological polar surface area (TPSA) is 84.7 Å². The molecule has 0 aliphatic rings. The smallest absolute Gasteiger partial charge is 0.229 e. The summed E-state index contributed by atoms with van der Waals surface area (Å²) >= 11 is 6.38. The lowest BCUT2D eigenvalue weighted by atomic mass is 10.1. The van der Waals surface area contributed by atoms with E-state index in [1.54, 1.807) is 19.5 Å². The summed E-state index contributed by atoms with van der Waals surface area (Å²) in [7, 11) is -0.637. The molecule has 0 saturated heterocycles. The zero-order chi connectivity index (χ0) is 22.3. The number of hydrogen-bond donors (Lipinski definition) is 2. The summed E-state index contributed by atoms with van der Waals surface area (Å²) in [5, 5.41) is 13.0. The fraction of sp³-hybridized carbons (Fsp3) is 0.227. The monoisotopic (exact) mass is 454 g/mol. The average Bonchev–Trinajstić information content (AvgIpc) is 3.07. The van der Waals surface area contributed by atoms with Gasteiger partial charge < -0.3 is 15.2 Å². The van der Waals surface area contributed by atoms with Crippen LogP contribution in [-0.4, -0.2) is 33.1 Å². The van der Waals surface area contributed by atoms with E-state index in [9.17, 15) is 4.57 Å². The Balaban J connectivity index is 1.68. The number of nitrogens with zero attached hydrogens (tertiary/aromatic N) is 4. The third kappa shape index (κ3) is 4.29. The Kier molecular flexibility index (Phi) is 5.50. The fourth-order valence-electron chi connectivity index (χ4n) is 3.59. The molecule has 0 radical (unpaired) electrons. The van der Waals surface area contributed by atoms with Crippen molar-refractivity contribution in [2.24, 2.45) is 7.05 Å². The Bertz CT molecular complexity index is 1340. The van der Waals surface area contributed by atoms with Crippen LogP contribution in [0.3, 0.4) is 0 Å². The number of aromatic nitrogens is 4. The van der Waals surface area contributed by atoms with Gasteiger partial charge in [0.05, 0.1) is 23.6 Å². The number of benzene rings is 2. The zero-order valence-corrected chi connectivity index (χ0v) is 19.7. The highest BCUT2D eigenvalue weighted by atomic mass is 35.5. The molecule has 2 aromatic carbocycles. The van der Waals surface area contributed by atoms with E-state index in [4.69, 9.17) is 11.6 Å². The molecule has 0 spiro atoms. The lowest BCUT2D eigenvalue weighted by Crippen LogP contribution is -2.15. The van der Waals surface area contributed by atoms with E-state index in [0.717, 1.165) is 38.7 Å². The second kappa shape index (κ2) is 7.98. The highest BCUT2D eigenvalue weighted by molar-refractivity contribution is 7.70. The molecule has 4 rings (SSSR count). The molecule has 7 nitrogen and oxygen atoms in total. The summed E-state index contributed by atoms with van der Waals surface area (Å²) in [6, 6.07) is 9.83. The molecule has 160 valence electrons. The molecule has 0 fully saturated rings. The Morgan fingerprint density at radius 3 is 2.58 bits per heavy atom. The van der Waals surface area contributed by atoms with Gasteiger partial charge in [-0.2, -0.15) is 10.1 Å². The first-order chi connectivity index (χ1) is 14.6. The lowest BCUT2D eigenvalue weighted by Gasteiger charge is -2.19. The summed E-state index contributed by atoms with van der Waals surface area (Å²) < 4.78 is 14.8. The molecule has 9 heteroatoms. The van der Waals surface area contributed by atoms with Crippen LogP contribution in [-0.2, 0) is 11.6 Å². The maximum atomic E-state index is 13.0. The van der Waals surface area contributed by atoms with Crippen molar-refractivity contribution in [2.45, 2.75) is 13.8 Å². The minimum atomic E-state index is -2.53. The van der Waals surface area contributed by atoms with E-state index in [-0.39, 0.29) is 0 Å². The molecule has 31 heavy (non-hydrogen) atoms. The van der Waals surface area contributed by atoms with Gasteiger partial charge in [-0.25, -0.2) is 4.98 Å². The van der Waals surface area contributed by atoms with Crippen molar-refractivity contribution >= 4 is 58.1 Å². The van der Waals surface area contributed by atoms with Gasteiger partial charge in [0, 0.05) is 23.4 Å². The van der Waals surface area contributed by atoms with Gasteiger partial charge in [-0.05, 0) is 62.6 Å². The highest BCUT2D eigenvalue weighted by Crippen LogP contribution is 2.41. The van der Waals surface area contributed by atoms with Crippen LogP contribution in [0.4, 0.5) is 23.1 Å². The van der Waals surface area contributed by atoms with Crippen molar-refractivity contribution in [3.63, 3.8) is 0 Å². The molecule has 0 saturated carbocycles. The van der Waals surface area contributed by atoms with Crippen LogP contribution in [0.15, 0.2) is 42.7 Å². The Labute approximate surface area is 186 Å². The van der Waals surface area contributed by atoms with Crippen molar-refractivity contribution in [2.75, 3.05) is 24.0 Å². The average molecular weight is 455 g/mol. The zero-order valence-electron chi connectivity index (χ0n) is 18.1. The van der Waals surface area contributed by atoms with Crippen LogP contribution >= 0.6 is 18.7 Å². The summed E-state index contributed by atoms with van der Waals surface area (Å²) in [4.78, 5) is 8.85. The summed E-state index contributed by atoms with van der Waals surface area (Å²) in [5.41, 5.74) is 4.67. The van der Waals surface area contributed by atoms with Crippen LogP contribution in [0.2, 0.25) is 5.02 Å². The van der Waals surface area contributed by atoms with Gasteiger partial charge in [0.25, 0.3) is 0 Å². The van der Waals surface area contributed by atoms with Gasteiger partial charge in [-0.1, -0.05) is 17.7 Å². The van der Waals surface area contributed by atoms with Gasteiger partial charge in [0.15, 0.2) is 5.82 Å². The number of hydrogen-bond acceptors (Lipinski definition) is 6. The summed E-state index contributed by atoms with van der Waals surface area (Å²) in [5.74, 6) is 0.841. The lowest BCUT2D eigenvalue weighted by molar-refractivity contribution is 0.588. The predicted octanol–water partition coefficient (Wildman–Crippen LogP) is 5.37. The van der Waals surface area contributed by atoms with E-state index in [0.29, 0.717) is 16.8 Å².